The molecule has 2 atom stereocenters. The molecule has 1 aliphatic rings. The Bertz CT molecular complexity index is 354. The van der Waals surface area contributed by atoms with E-state index in [1.54, 1.807) is 0 Å². The van der Waals surface area contributed by atoms with Crippen LogP contribution in [0.25, 0.3) is 0 Å². The SMILES string of the molecule is CC/C=C/CCCCCCCCCCC1NC=C[N+]1(CC)CCO. The van der Waals surface area contributed by atoms with E-state index in [-0.39, 0.29) is 6.61 Å². The minimum absolute atomic E-state index is 0.268. The van der Waals surface area contributed by atoms with E-state index in [4.69, 9.17) is 0 Å². The molecule has 0 bridgehead atoms. The van der Waals surface area contributed by atoms with Crippen molar-refractivity contribution in [1.82, 2.24) is 5.32 Å². The molecule has 0 amide bonds. The highest BCUT2D eigenvalue weighted by molar-refractivity contribution is 4.84. The molecular formula is C21H41N2O+. The van der Waals surface area contributed by atoms with Gasteiger partial charge in [-0.05, 0) is 32.6 Å². The van der Waals surface area contributed by atoms with Gasteiger partial charge in [0.05, 0.1) is 19.4 Å². The first-order chi connectivity index (χ1) is 11.8. The zero-order chi connectivity index (χ0) is 17.5. The van der Waals surface area contributed by atoms with Crippen LogP contribution in [0.4, 0.5) is 0 Å². The van der Waals surface area contributed by atoms with Gasteiger partial charge in [0.1, 0.15) is 12.7 Å². The van der Waals surface area contributed by atoms with Gasteiger partial charge in [-0.3, -0.25) is 4.48 Å². The Balaban J connectivity index is 1.98. The first-order valence-electron chi connectivity index (χ1n) is 10.3. The summed E-state index contributed by atoms with van der Waals surface area (Å²) in [5, 5.41) is 12.8. The number of hydrogen-bond donors (Lipinski definition) is 2. The van der Waals surface area contributed by atoms with Crippen molar-refractivity contribution in [2.45, 2.75) is 90.6 Å². The summed E-state index contributed by atoms with van der Waals surface area (Å²) in [5.41, 5.74) is 0. The molecule has 0 spiro atoms. The highest BCUT2D eigenvalue weighted by Crippen LogP contribution is 2.22. The van der Waals surface area contributed by atoms with Gasteiger partial charge in [-0.2, -0.15) is 0 Å². The average molecular weight is 338 g/mol. The fraction of sp³-hybridized carbons (Fsp3) is 0.810. The lowest BCUT2D eigenvalue weighted by Gasteiger charge is -2.36. The van der Waals surface area contributed by atoms with E-state index in [1.807, 2.05) is 0 Å². The summed E-state index contributed by atoms with van der Waals surface area (Å²) in [6.07, 6.45) is 24.0. The van der Waals surface area contributed by atoms with E-state index in [0.717, 1.165) is 17.6 Å². The number of nitrogens with one attached hydrogen (secondary N) is 1. The number of unbranched alkanes of at least 4 members (excludes halogenated alkanes) is 8. The molecule has 1 rings (SSSR count). The molecule has 0 aromatic heterocycles. The summed E-state index contributed by atoms with van der Waals surface area (Å²) in [4.78, 5) is 0. The smallest absolute Gasteiger partial charge is 0.166 e. The van der Waals surface area contributed by atoms with Crippen LogP contribution in [0.2, 0.25) is 0 Å². The summed E-state index contributed by atoms with van der Waals surface area (Å²) in [6, 6.07) is 0. The molecule has 0 aliphatic carbocycles. The highest BCUT2D eigenvalue weighted by atomic mass is 16.3. The first-order valence-corrected chi connectivity index (χ1v) is 10.3. The van der Waals surface area contributed by atoms with Crippen molar-refractivity contribution in [3.8, 4) is 0 Å². The Morgan fingerprint density at radius 3 is 2.25 bits per heavy atom. The number of rotatable bonds is 15. The molecule has 1 aliphatic heterocycles. The minimum Gasteiger partial charge on any atom is -0.390 e. The van der Waals surface area contributed by atoms with Gasteiger partial charge >= 0.3 is 0 Å². The molecule has 140 valence electrons. The fourth-order valence-corrected chi connectivity index (χ4v) is 3.74. The Kier molecular flexibility index (Phi) is 11.9. The Hall–Kier alpha value is -0.800. The van der Waals surface area contributed by atoms with Crippen LogP contribution in [0.3, 0.4) is 0 Å². The summed E-state index contributed by atoms with van der Waals surface area (Å²) in [7, 11) is 0. The van der Waals surface area contributed by atoms with Gasteiger partial charge in [-0.1, -0.05) is 57.6 Å². The topological polar surface area (TPSA) is 32.3 Å². The number of likely N-dealkylation sites (N-methyl/N-ethyl adjacent to an activating group) is 1. The van der Waals surface area contributed by atoms with Crippen LogP contribution < -0.4 is 5.32 Å². The molecule has 0 saturated carbocycles. The van der Waals surface area contributed by atoms with Crippen molar-refractivity contribution >= 4 is 0 Å². The molecule has 24 heavy (non-hydrogen) atoms. The zero-order valence-electron chi connectivity index (χ0n) is 16.2. The van der Waals surface area contributed by atoms with Gasteiger partial charge in [0.15, 0.2) is 6.17 Å². The highest BCUT2D eigenvalue weighted by Gasteiger charge is 2.35. The summed E-state index contributed by atoms with van der Waals surface area (Å²) >= 11 is 0. The van der Waals surface area contributed by atoms with Crippen LogP contribution in [0, 0.1) is 0 Å². The van der Waals surface area contributed by atoms with Gasteiger partial charge in [0.25, 0.3) is 0 Å². The lowest BCUT2D eigenvalue weighted by molar-refractivity contribution is -0.900. The number of hydrogen-bond acceptors (Lipinski definition) is 2. The van der Waals surface area contributed by atoms with E-state index < -0.39 is 0 Å². The molecule has 0 fully saturated rings. The molecule has 2 unspecified atom stereocenters. The number of allylic oxidation sites excluding steroid dienone is 2. The van der Waals surface area contributed by atoms with Gasteiger partial charge in [-0.25, -0.2) is 0 Å². The lowest BCUT2D eigenvalue weighted by atomic mass is 10.0. The number of aliphatic hydroxyl groups is 1. The van der Waals surface area contributed by atoms with Gasteiger partial charge in [-0.15, -0.1) is 0 Å². The van der Waals surface area contributed by atoms with Crippen LogP contribution in [0.15, 0.2) is 24.6 Å². The van der Waals surface area contributed by atoms with Crippen molar-refractivity contribution in [2.24, 2.45) is 0 Å². The quantitative estimate of drug-likeness (QED) is 0.248. The maximum absolute atomic E-state index is 9.33. The number of quaternary nitrogens is 1. The van der Waals surface area contributed by atoms with Crippen molar-refractivity contribution in [1.29, 1.82) is 0 Å². The van der Waals surface area contributed by atoms with Gasteiger partial charge < -0.3 is 10.4 Å². The van der Waals surface area contributed by atoms with Crippen molar-refractivity contribution < 1.29 is 9.59 Å². The van der Waals surface area contributed by atoms with E-state index >= 15 is 0 Å². The molecule has 0 aromatic rings. The maximum atomic E-state index is 9.33. The second-order valence-electron chi connectivity index (χ2n) is 7.15. The molecular weight excluding hydrogens is 296 g/mol. The van der Waals surface area contributed by atoms with Crippen LogP contribution in [0.1, 0.15) is 84.5 Å². The van der Waals surface area contributed by atoms with Crippen LogP contribution in [-0.4, -0.2) is 35.5 Å². The van der Waals surface area contributed by atoms with E-state index in [9.17, 15) is 5.11 Å². The second kappa shape index (κ2) is 13.5. The summed E-state index contributed by atoms with van der Waals surface area (Å²) < 4.78 is 0.906. The number of nitrogens with zero attached hydrogens (tertiary/aromatic N) is 1. The maximum Gasteiger partial charge on any atom is 0.166 e. The molecule has 0 radical (unpaired) electrons. The Morgan fingerprint density at radius 1 is 0.958 bits per heavy atom. The molecule has 0 aromatic carbocycles. The van der Waals surface area contributed by atoms with Crippen molar-refractivity contribution in [3.63, 3.8) is 0 Å². The molecule has 0 saturated heterocycles. The van der Waals surface area contributed by atoms with E-state index in [2.05, 4.69) is 43.7 Å². The molecule has 2 N–H and O–H groups in total. The van der Waals surface area contributed by atoms with Gasteiger partial charge in [0, 0.05) is 6.42 Å². The lowest BCUT2D eigenvalue weighted by Crippen LogP contribution is -2.54. The summed E-state index contributed by atoms with van der Waals surface area (Å²) in [5.74, 6) is 0. The predicted molar refractivity (Wildman–Crippen MR) is 104 cm³/mol. The average Bonchev–Trinajstić information content (AvgIpc) is 2.99. The first kappa shape index (κ1) is 21.2. The monoisotopic (exact) mass is 337 g/mol. The van der Waals surface area contributed by atoms with Gasteiger partial charge in [0.2, 0.25) is 0 Å². The standard InChI is InChI=1S/C21H41N2O/c1-3-5-6-7-8-9-10-11-12-13-14-15-16-21-22-17-18-23(21,4-2)19-20-24/h5-6,17-18,21-22,24H,3-4,7-16,19-20H2,1-2H3/q+1/b6-5+. The third-order valence-electron chi connectivity index (χ3n) is 5.39. The fourth-order valence-electron chi connectivity index (χ4n) is 3.74. The Labute approximate surface area is 150 Å². The van der Waals surface area contributed by atoms with Crippen molar-refractivity contribution in [2.75, 3.05) is 19.7 Å². The molecule has 1 heterocycles. The third kappa shape index (κ3) is 7.85. The molecule has 3 heteroatoms. The summed E-state index contributed by atoms with van der Waals surface area (Å²) in [6.45, 7) is 6.58. The van der Waals surface area contributed by atoms with Crippen LogP contribution in [0.5, 0.6) is 0 Å². The van der Waals surface area contributed by atoms with Crippen LogP contribution in [-0.2, 0) is 0 Å². The second-order valence-corrected chi connectivity index (χ2v) is 7.15. The zero-order valence-corrected chi connectivity index (χ0v) is 16.2. The minimum atomic E-state index is 0.268. The van der Waals surface area contributed by atoms with Crippen LogP contribution >= 0.6 is 0 Å². The molecule has 3 nitrogen and oxygen atoms in total. The normalized spacial score (nSPS) is 23.2. The predicted octanol–water partition coefficient (Wildman–Crippen LogP) is 5.08. The van der Waals surface area contributed by atoms with Crippen molar-refractivity contribution in [3.05, 3.63) is 24.6 Å². The van der Waals surface area contributed by atoms with E-state index in [1.165, 1.54) is 70.6 Å². The third-order valence-corrected chi connectivity index (χ3v) is 5.39. The number of aliphatic hydroxyl groups excluding tert-OH is 1. The largest absolute Gasteiger partial charge is 0.390 e. The van der Waals surface area contributed by atoms with E-state index in [0.29, 0.717) is 6.17 Å². The Morgan fingerprint density at radius 2 is 1.62 bits per heavy atom.